The van der Waals surface area contributed by atoms with E-state index >= 15 is 0 Å². The monoisotopic (exact) mass is 227 g/mol. The summed E-state index contributed by atoms with van der Waals surface area (Å²) < 4.78 is 0. The van der Waals surface area contributed by atoms with Crippen LogP contribution < -0.4 is 5.73 Å². The molecule has 0 aliphatic heterocycles. The van der Waals surface area contributed by atoms with Crippen molar-refractivity contribution in [2.75, 3.05) is 0 Å². The Hall–Kier alpha value is -0.570. The first-order valence-electron chi connectivity index (χ1n) is 6.20. The van der Waals surface area contributed by atoms with Crippen molar-refractivity contribution >= 4 is 5.97 Å². The van der Waals surface area contributed by atoms with Crippen LogP contribution in [0.15, 0.2) is 0 Å². The van der Waals surface area contributed by atoms with Crippen LogP contribution in [0.1, 0.15) is 53.4 Å². The molecule has 1 rings (SSSR count). The topological polar surface area (TPSA) is 63.3 Å². The fourth-order valence-electron chi connectivity index (χ4n) is 3.41. The van der Waals surface area contributed by atoms with E-state index in [4.69, 9.17) is 10.8 Å². The van der Waals surface area contributed by atoms with Crippen molar-refractivity contribution in [3.63, 3.8) is 0 Å². The number of carboxylic acid groups (broad SMARTS) is 1. The Morgan fingerprint density at radius 3 is 2.44 bits per heavy atom. The second kappa shape index (κ2) is 4.36. The molecule has 1 saturated carbocycles. The van der Waals surface area contributed by atoms with Crippen LogP contribution in [0.4, 0.5) is 0 Å². The van der Waals surface area contributed by atoms with Crippen molar-refractivity contribution in [2.45, 2.75) is 58.9 Å². The fourth-order valence-corrected chi connectivity index (χ4v) is 3.41. The van der Waals surface area contributed by atoms with Crippen LogP contribution >= 0.6 is 0 Å². The van der Waals surface area contributed by atoms with E-state index < -0.39 is 11.5 Å². The molecule has 0 bridgehead atoms. The first-order valence-corrected chi connectivity index (χ1v) is 6.20. The molecule has 0 amide bonds. The summed E-state index contributed by atoms with van der Waals surface area (Å²) in [6, 6.07) is 0. The number of carboxylic acids is 1. The minimum absolute atomic E-state index is 0.199. The molecule has 1 fully saturated rings. The molecule has 3 unspecified atom stereocenters. The van der Waals surface area contributed by atoms with Crippen LogP contribution in [0.2, 0.25) is 0 Å². The maximum atomic E-state index is 11.1. The number of aliphatic carboxylic acids is 1. The summed E-state index contributed by atoms with van der Waals surface area (Å²) in [6.45, 7) is 8.35. The highest BCUT2D eigenvalue weighted by Crippen LogP contribution is 2.51. The number of hydrogen-bond acceptors (Lipinski definition) is 2. The zero-order valence-electron chi connectivity index (χ0n) is 10.9. The molecule has 1 aliphatic rings. The molecule has 16 heavy (non-hydrogen) atoms. The molecule has 0 aromatic heterocycles. The molecule has 0 heterocycles. The quantitative estimate of drug-likeness (QED) is 0.779. The van der Waals surface area contributed by atoms with Crippen molar-refractivity contribution in [3.8, 4) is 0 Å². The number of nitrogens with two attached hydrogens (primary N) is 1. The second-order valence-corrected chi connectivity index (χ2v) is 6.23. The molecule has 3 N–H and O–H groups in total. The Morgan fingerprint density at radius 1 is 1.50 bits per heavy atom. The minimum atomic E-state index is -0.722. The summed E-state index contributed by atoms with van der Waals surface area (Å²) in [6.07, 6.45) is 3.32. The lowest BCUT2D eigenvalue weighted by molar-refractivity contribution is -0.144. The van der Waals surface area contributed by atoms with Crippen LogP contribution in [0.25, 0.3) is 0 Å². The van der Waals surface area contributed by atoms with Gasteiger partial charge in [-0.2, -0.15) is 0 Å². The third kappa shape index (κ3) is 2.40. The first-order chi connectivity index (χ1) is 7.19. The summed E-state index contributed by atoms with van der Waals surface area (Å²) in [5.74, 6) is 0.353. The van der Waals surface area contributed by atoms with E-state index in [0.717, 1.165) is 19.3 Å². The lowest BCUT2D eigenvalue weighted by Crippen LogP contribution is -2.57. The zero-order valence-corrected chi connectivity index (χ0v) is 10.9. The van der Waals surface area contributed by atoms with Crippen molar-refractivity contribution in [1.82, 2.24) is 0 Å². The highest BCUT2D eigenvalue weighted by Gasteiger charge is 2.50. The maximum absolute atomic E-state index is 11.1. The molecule has 3 heteroatoms. The Balaban J connectivity index is 3.00. The Bertz CT molecular complexity index is 270. The molecule has 0 saturated heterocycles. The molecule has 0 aromatic rings. The van der Waals surface area contributed by atoms with Gasteiger partial charge in [-0.15, -0.1) is 0 Å². The lowest BCUT2D eigenvalue weighted by atomic mass is 9.55. The predicted octanol–water partition coefficient (Wildman–Crippen LogP) is 2.64. The lowest BCUT2D eigenvalue weighted by Gasteiger charge is -2.52. The summed E-state index contributed by atoms with van der Waals surface area (Å²) in [5.41, 5.74) is 5.60. The maximum Gasteiger partial charge on any atom is 0.303 e. The van der Waals surface area contributed by atoms with Gasteiger partial charge in [-0.05, 0) is 38.5 Å². The normalized spacial score (nSPS) is 36.1. The van der Waals surface area contributed by atoms with Gasteiger partial charge >= 0.3 is 5.97 Å². The van der Waals surface area contributed by atoms with Crippen LogP contribution in [-0.4, -0.2) is 16.6 Å². The van der Waals surface area contributed by atoms with Gasteiger partial charge in [-0.1, -0.05) is 20.3 Å². The van der Waals surface area contributed by atoms with E-state index in [9.17, 15) is 4.79 Å². The molecule has 0 radical (unpaired) electrons. The largest absolute Gasteiger partial charge is 0.481 e. The van der Waals surface area contributed by atoms with Gasteiger partial charge in [0.15, 0.2) is 0 Å². The highest BCUT2D eigenvalue weighted by atomic mass is 16.4. The number of rotatable bonds is 3. The molecular formula is C13H25NO2. The third-order valence-corrected chi connectivity index (χ3v) is 4.53. The van der Waals surface area contributed by atoms with E-state index in [2.05, 4.69) is 13.8 Å². The molecule has 1 aliphatic carbocycles. The van der Waals surface area contributed by atoms with Gasteiger partial charge < -0.3 is 10.8 Å². The highest BCUT2D eigenvalue weighted by molar-refractivity contribution is 5.68. The van der Waals surface area contributed by atoms with Gasteiger partial charge in [-0.25, -0.2) is 0 Å². The van der Waals surface area contributed by atoms with Crippen LogP contribution in [0.5, 0.6) is 0 Å². The van der Waals surface area contributed by atoms with E-state index in [1.807, 2.05) is 13.8 Å². The van der Waals surface area contributed by atoms with E-state index in [-0.39, 0.29) is 11.8 Å². The van der Waals surface area contributed by atoms with Gasteiger partial charge in [0, 0.05) is 11.0 Å². The first kappa shape index (κ1) is 13.5. The van der Waals surface area contributed by atoms with E-state index in [0.29, 0.717) is 11.8 Å². The van der Waals surface area contributed by atoms with Crippen molar-refractivity contribution in [1.29, 1.82) is 0 Å². The smallest absolute Gasteiger partial charge is 0.303 e. The standard InChI is InChI=1S/C13H25NO2/c1-9-5-6-13(8-11(15)16,10(2)7-9)12(3,4)14/h9-10H,5-8,14H2,1-4H3,(H,15,16). The fraction of sp³-hybridized carbons (Fsp3) is 0.923. The summed E-state index contributed by atoms with van der Waals surface area (Å²) in [4.78, 5) is 11.1. The molecule has 3 nitrogen and oxygen atoms in total. The van der Waals surface area contributed by atoms with Crippen molar-refractivity contribution in [3.05, 3.63) is 0 Å². The average Bonchev–Trinajstić information content (AvgIpc) is 2.07. The summed E-state index contributed by atoms with van der Waals surface area (Å²) in [7, 11) is 0. The van der Waals surface area contributed by atoms with Gasteiger partial charge in [0.05, 0.1) is 6.42 Å². The number of hydrogen-bond donors (Lipinski definition) is 2. The minimum Gasteiger partial charge on any atom is -0.481 e. The van der Waals surface area contributed by atoms with Gasteiger partial charge in [0.25, 0.3) is 0 Å². The van der Waals surface area contributed by atoms with E-state index in [1.165, 1.54) is 0 Å². The predicted molar refractivity (Wildman–Crippen MR) is 65.1 cm³/mol. The van der Waals surface area contributed by atoms with Crippen LogP contribution in [-0.2, 0) is 4.79 Å². The molecule has 94 valence electrons. The number of carbonyl (C=O) groups is 1. The summed E-state index contributed by atoms with van der Waals surface area (Å²) in [5, 5.41) is 9.12. The third-order valence-electron chi connectivity index (χ3n) is 4.53. The van der Waals surface area contributed by atoms with Crippen LogP contribution in [0, 0.1) is 17.3 Å². The van der Waals surface area contributed by atoms with Gasteiger partial charge in [0.2, 0.25) is 0 Å². The Labute approximate surface area is 98.4 Å². The van der Waals surface area contributed by atoms with Gasteiger partial charge in [0.1, 0.15) is 0 Å². The van der Waals surface area contributed by atoms with Crippen molar-refractivity contribution in [2.24, 2.45) is 23.0 Å². The molecular weight excluding hydrogens is 202 g/mol. The molecule has 3 atom stereocenters. The average molecular weight is 227 g/mol. The zero-order chi connectivity index (χ0) is 12.6. The van der Waals surface area contributed by atoms with Gasteiger partial charge in [-0.3, -0.25) is 4.79 Å². The summed E-state index contributed by atoms with van der Waals surface area (Å²) >= 11 is 0. The second-order valence-electron chi connectivity index (χ2n) is 6.23. The molecule has 0 aromatic carbocycles. The Morgan fingerprint density at radius 2 is 2.06 bits per heavy atom. The Kier molecular flexibility index (Phi) is 3.68. The molecule has 0 spiro atoms. The van der Waals surface area contributed by atoms with Crippen molar-refractivity contribution < 1.29 is 9.90 Å². The van der Waals surface area contributed by atoms with E-state index in [1.54, 1.807) is 0 Å². The SMILES string of the molecule is CC1CCC(CC(=O)O)(C(C)(C)N)C(C)C1. The van der Waals surface area contributed by atoms with Crippen LogP contribution in [0.3, 0.4) is 0 Å².